The lowest BCUT2D eigenvalue weighted by Gasteiger charge is -2.20. The summed E-state index contributed by atoms with van der Waals surface area (Å²) >= 11 is 0. The van der Waals surface area contributed by atoms with Gasteiger partial charge in [-0.15, -0.1) is 0 Å². The molecule has 0 atom stereocenters. The Bertz CT molecular complexity index is 358. The Balaban J connectivity index is 2.08. The van der Waals surface area contributed by atoms with Crippen molar-refractivity contribution in [3.63, 3.8) is 0 Å². The number of pyridine rings is 1. The fraction of sp³-hybridized carbons (Fsp3) is 0.615. The molecule has 0 saturated carbocycles. The molecular weight excluding hydrogens is 214 g/mol. The molecular formula is C13H23N3O. The fourth-order valence-electron chi connectivity index (χ4n) is 1.46. The zero-order valence-electron chi connectivity index (χ0n) is 11.0. The van der Waals surface area contributed by atoms with Crippen LogP contribution in [0.25, 0.3) is 0 Å². The second-order valence-electron chi connectivity index (χ2n) is 5.27. The van der Waals surface area contributed by atoms with Crippen molar-refractivity contribution in [3.05, 3.63) is 34.2 Å². The highest BCUT2D eigenvalue weighted by atomic mass is 16.1. The highest BCUT2D eigenvalue weighted by molar-refractivity contribution is 5.07. The van der Waals surface area contributed by atoms with Crippen LogP contribution in [-0.4, -0.2) is 23.6 Å². The van der Waals surface area contributed by atoms with Gasteiger partial charge in [0.1, 0.15) is 0 Å². The Labute approximate surface area is 103 Å². The normalized spacial score (nSPS) is 11.7. The molecule has 4 nitrogen and oxygen atoms in total. The second-order valence-corrected chi connectivity index (χ2v) is 5.27. The molecule has 0 unspecified atom stereocenters. The third-order valence-corrected chi connectivity index (χ3v) is 2.36. The van der Waals surface area contributed by atoms with Gasteiger partial charge in [-0.3, -0.25) is 4.79 Å². The van der Waals surface area contributed by atoms with Gasteiger partial charge in [0.05, 0.1) is 0 Å². The minimum Gasteiger partial charge on any atom is -0.329 e. The van der Waals surface area contributed by atoms with E-state index in [9.17, 15) is 4.79 Å². The van der Waals surface area contributed by atoms with E-state index in [1.807, 2.05) is 6.07 Å². The molecule has 0 saturated heterocycles. The number of nitrogens with one attached hydrogen (secondary N) is 3. The average Bonchev–Trinajstić information content (AvgIpc) is 2.24. The molecule has 0 fully saturated rings. The molecule has 4 heteroatoms. The molecule has 0 aliphatic carbocycles. The molecule has 0 aromatic carbocycles. The first-order valence-corrected chi connectivity index (χ1v) is 6.11. The van der Waals surface area contributed by atoms with Crippen LogP contribution in [-0.2, 0) is 6.54 Å². The van der Waals surface area contributed by atoms with Gasteiger partial charge in [-0.05, 0) is 45.8 Å². The topological polar surface area (TPSA) is 56.9 Å². The van der Waals surface area contributed by atoms with Crippen LogP contribution in [0.15, 0.2) is 23.1 Å². The number of aromatic amines is 1. The first-order valence-electron chi connectivity index (χ1n) is 6.11. The largest absolute Gasteiger partial charge is 0.329 e. The number of hydrogen-bond donors (Lipinski definition) is 3. The summed E-state index contributed by atoms with van der Waals surface area (Å²) in [6, 6.07) is 3.40. The van der Waals surface area contributed by atoms with Crippen LogP contribution in [0.4, 0.5) is 0 Å². The van der Waals surface area contributed by atoms with Crippen LogP contribution >= 0.6 is 0 Å². The van der Waals surface area contributed by atoms with Gasteiger partial charge in [-0.1, -0.05) is 6.07 Å². The van der Waals surface area contributed by atoms with Gasteiger partial charge in [0.15, 0.2) is 0 Å². The van der Waals surface area contributed by atoms with E-state index in [2.05, 4.69) is 36.4 Å². The number of hydrogen-bond acceptors (Lipinski definition) is 3. The summed E-state index contributed by atoms with van der Waals surface area (Å²) in [6.45, 7) is 9.29. The monoisotopic (exact) mass is 237 g/mol. The van der Waals surface area contributed by atoms with Crippen LogP contribution in [0.2, 0.25) is 0 Å². The average molecular weight is 237 g/mol. The van der Waals surface area contributed by atoms with Crippen molar-refractivity contribution < 1.29 is 0 Å². The summed E-state index contributed by atoms with van der Waals surface area (Å²) in [4.78, 5) is 13.5. The van der Waals surface area contributed by atoms with Crippen molar-refractivity contribution in [2.24, 2.45) is 0 Å². The summed E-state index contributed by atoms with van der Waals surface area (Å²) in [5, 5.41) is 6.79. The lowest BCUT2D eigenvalue weighted by Crippen LogP contribution is -2.37. The maximum atomic E-state index is 10.8. The van der Waals surface area contributed by atoms with Crippen molar-refractivity contribution >= 4 is 0 Å². The lowest BCUT2D eigenvalue weighted by atomic mass is 10.1. The second kappa shape index (κ2) is 6.57. The molecule has 1 rings (SSSR count). The van der Waals surface area contributed by atoms with E-state index >= 15 is 0 Å². The predicted octanol–water partition coefficient (Wildman–Crippen LogP) is 1.24. The van der Waals surface area contributed by atoms with E-state index in [1.165, 1.54) is 0 Å². The summed E-state index contributed by atoms with van der Waals surface area (Å²) in [6.07, 6.45) is 2.85. The third kappa shape index (κ3) is 6.92. The molecule has 17 heavy (non-hydrogen) atoms. The highest BCUT2D eigenvalue weighted by Gasteiger charge is 2.06. The number of aromatic nitrogens is 1. The van der Waals surface area contributed by atoms with Crippen molar-refractivity contribution in [2.45, 2.75) is 39.3 Å². The van der Waals surface area contributed by atoms with Gasteiger partial charge in [-0.2, -0.15) is 0 Å². The zero-order chi connectivity index (χ0) is 12.7. The molecule has 0 aliphatic heterocycles. The Hall–Kier alpha value is -1.13. The summed E-state index contributed by atoms with van der Waals surface area (Å²) in [7, 11) is 0. The van der Waals surface area contributed by atoms with Crippen LogP contribution in [0.3, 0.4) is 0 Å². The summed E-state index contributed by atoms with van der Waals surface area (Å²) in [5.41, 5.74) is 1.25. The van der Waals surface area contributed by atoms with Gasteiger partial charge in [0.2, 0.25) is 5.56 Å². The molecule has 1 aromatic heterocycles. The SMILES string of the molecule is CC(C)(C)NCCCNCc1ccc(=O)[nH]c1. The van der Waals surface area contributed by atoms with Gasteiger partial charge >= 0.3 is 0 Å². The zero-order valence-corrected chi connectivity index (χ0v) is 11.0. The summed E-state index contributed by atoms with van der Waals surface area (Å²) in [5.74, 6) is 0. The van der Waals surface area contributed by atoms with E-state index in [1.54, 1.807) is 12.3 Å². The molecule has 1 heterocycles. The molecule has 3 N–H and O–H groups in total. The fourth-order valence-corrected chi connectivity index (χ4v) is 1.46. The minimum atomic E-state index is -0.0527. The number of H-pyrrole nitrogens is 1. The van der Waals surface area contributed by atoms with Gasteiger partial charge < -0.3 is 15.6 Å². The van der Waals surface area contributed by atoms with E-state index in [0.29, 0.717) is 0 Å². The van der Waals surface area contributed by atoms with Crippen molar-refractivity contribution in [1.29, 1.82) is 0 Å². The van der Waals surface area contributed by atoms with Gasteiger partial charge in [0, 0.05) is 24.3 Å². The summed E-state index contributed by atoms with van der Waals surface area (Å²) < 4.78 is 0. The van der Waals surface area contributed by atoms with Crippen molar-refractivity contribution in [1.82, 2.24) is 15.6 Å². The molecule has 0 bridgehead atoms. The van der Waals surface area contributed by atoms with Crippen LogP contribution in [0.5, 0.6) is 0 Å². The predicted molar refractivity (Wildman–Crippen MR) is 71.1 cm³/mol. The molecule has 0 amide bonds. The van der Waals surface area contributed by atoms with Gasteiger partial charge in [-0.25, -0.2) is 0 Å². The smallest absolute Gasteiger partial charge is 0.247 e. The van der Waals surface area contributed by atoms with Crippen LogP contribution in [0.1, 0.15) is 32.8 Å². The highest BCUT2D eigenvalue weighted by Crippen LogP contribution is 1.97. The Morgan fingerprint density at radius 3 is 2.59 bits per heavy atom. The van der Waals surface area contributed by atoms with Crippen molar-refractivity contribution in [3.8, 4) is 0 Å². The Kier molecular flexibility index (Phi) is 5.38. The maximum absolute atomic E-state index is 10.8. The third-order valence-electron chi connectivity index (χ3n) is 2.36. The standard InChI is InChI=1S/C13H23N3O/c1-13(2,3)16-8-4-7-14-9-11-5-6-12(17)15-10-11/h5-6,10,14,16H,4,7-9H2,1-3H3,(H,15,17). The van der Waals surface area contributed by atoms with E-state index in [-0.39, 0.29) is 11.1 Å². The minimum absolute atomic E-state index is 0.0527. The van der Waals surface area contributed by atoms with E-state index < -0.39 is 0 Å². The van der Waals surface area contributed by atoms with Crippen LogP contribution in [0, 0.1) is 0 Å². The number of rotatable bonds is 6. The molecule has 96 valence electrons. The molecule has 1 aromatic rings. The molecule has 0 spiro atoms. The van der Waals surface area contributed by atoms with E-state index in [0.717, 1.165) is 31.6 Å². The quantitative estimate of drug-likeness (QED) is 0.653. The lowest BCUT2D eigenvalue weighted by molar-refractivity contribution is 0.418. The maximum Gasteiger partial charge on any atom is 0.247 e. The van der Waals surface area contributed by atoms with Crippen LogP contribution < -0.4 is 16.2 Å². The van der Waals surface area contributed by atoms with Gasteiger partial charge in [0.25, 0.3) is 0 Å². The first-order chi connectivity index (χ1) is 7.97. The van der Waals surface area contributed by atoms with Crippen molar-refractivity contribution in [2.75, 3.05) is 13.1 Å². The van der Waals surface area contributed by atoms with E-state index in [4.69, 9.17) is 0 Å². The molecule has 0 radical (unpaired) electrons. The Morgan fingerprint density at radius 2 is 2.00 bits per heavy atom. The Morgan fingerprint density at radius 1 is 1.24 bits per heavy atom. The molecule has 0 aliphatic rings. The first kappa shape index (κ1) is 13.9.